The Hall–Kier alpha value is -1.86. The van der Waals surface area contributed by atoms with Crippen LogP contribution >= 0.6 is 0 Å². The number of rotatable bonds is 5. The molecule has 1 fully saturated rings. The third-order valence-electron chi connectivity index (χ3n) is 5.26. The Morgan fingerprint density at radius 3 is 2.48 bits per heavy atom. The minimum atomic E-state index is -3.30. The summed E-state index contributed by atoms with van der Waals surface area (Å²) in [4.78, 5) is 0. The fraction of sp³-hybridized carbons (Fsp3) is 0.550. The Bertz CT molecular complexity index is 876. The Labute approximate surface area is 161 Å². The minimum absolute atomic E-state index is 0.0197. The van der Waals surface area contributed by atoms with Gasteiger partial charge in [-0.1, -0.05) is 12.1 Å². The van der Waals surface area contributed by atoms with Crippen LogP contribution in [-0.2, 0) is 10.0 Å². The first-order valence-electron chi connectivity index (χ1n) is 9.41. The maximum atomic E-state index is 12.3. The number of nitrogens with zero attached hydrogens (tertiary/aromatic N) is 1. The van der Waals surface area contributed by atoms with E-state index in [0.717, 1.165) is 48.4 Å². The third-order valence-corrected chi connectivity index (χ3v) is 7.51. The van der Waals surface area contributed by atoms with Gasteiger partial charge in [0.15, 0.2) is 0 Å². The van der Waals surface area contributed by atoms with Gasteiger partial charge in [0.25, 0.3) is 0 Å². The predicted octanol–water partition coefficient (Wildman–Crippen LogP) is 3.83. The van der Waals surface area contributed by atoms with E-state index in [1.807, 2.05) is 24.3 Å². The summed E-state index contributed by atoms with van der Waals surface area (Å²) in [6.07, 6.45) is 3.56. The van der Waals surface area contributed by atoms with Gasteiger partial charge in [-0.05, 0) is 64.7 Å². The zero-order valence-electron chi connectivity index (χ0n) is 16.5. The first-order chi connectivity index (χ1) is 12.7. The van der Waals surface area contributed by atoms with Gasteiger partial charge in [0.1, 0.15) is 5.75 Å². The van der Waals surface area contributed by atoms with Crippen LogP contribution in [0.1, 0.15) is 58.1 Å². The maximum absolute atomic E-state index is 12.3. The number of sulfonamides is 1. The summed E-state index contributed by atoms with van der Waals surface area (Å²) < 4.78 is 32.1. The van der Waals surface area contributed by atoms with E-state index in [2.05, 4.69) is 21.0 Å². The second kappa shape index (κ2) is 7.64. The molecule has 0 unspecified atom stereocenters. The molecule has 0 radical (unpaired) electrons. The van der Waals surface area contributed by atoms with Gasteiger partial charge >= 0.3 is 0 Å². The van der Waals surface area contributed by atoms with Crippen LogP contribution in [-0.4, -0.2) is 36.5 Å². The van der Waals surface area contributed by atoms with Gasteiger partial charge in [-0.15, -0.1) is 0 Å². The van der Waals surface area contributed by atoms with Crippen LogP contribution in [0.5, 0.6) is 5.75 Å². The number of H-pyrrole nitrogens is 1. The molecule has 148 valence electrons. The van der Waals surface area contributed by atoms with Crippen LogP contribution < -0.4 is 9.46 Å². The van der Waals surface area contributed by atoms with Crippen molar-refractivity contribution >= 4 is 10.0 Å². The van der Waals surface area contributed by atoms with Crippen LogP contribution in [0.3, 0.4) is 0 Å². The average molecular weight is 392 g/mol. The van der Waals surface area contributed by atoms with E-state index in [-0.39, 0.29) is 6.04 Å². The lowest BCUT2D eigenvalue weighted by molar-refractivity contribution is 0.367. The zero-order chi connectivity index (χ0) is 19.7. The highest BCUT2D eigenvalue weighted by molar-refractivity contribution is 7.90. The molecular weight excluding hydrogens is 362 g/mol. The normalized spacial score (nSPS) is 21.2. The van der Waals surface area contributed by atoms with E-state index in [1.165, 1.54) is 0 Å². The van der Waals surface area contributed by atoms with Crippen molar-refractivity contribution in [1.82, 2.24) is 14.9 Å². The van der Waals surface area contributed by atoms with E-state index in [9.17, 15) is 8.42 Å². The van der Waals surface area contributed by atoms with Crippen molar-refractivity contribution in [3.8, 4) is 17.0 Å². The lowest BCUT2D eigenvalue weighted by Gasteiger charge is -2.30. The summed E-state index contributed by atoms with van der Waals surface area (Å²) in [6.45, 7) is 5.18. The van der Waals surface area contributed by atoms with Gasteiger partial charge in [-0.2, -0.15) is 5.10 Å². The van der Waals surface area contributed by atoms with E-state index in [0.29, 0.717) is 5.92 Å². The second-order valence-corrected chi connectivity index (χ2v) is 10.7. The SMILES string of the molecule is COc1cccc(-c2cc([C@H]3CC[C@H](NS(=O)(=O)C(C)(C)C)CC3)[nH]n2)c1. The smallest absolute Gasteiger partial charge is 0.216 e. The Morgan fingerprint density at radius 1 is 1.15 bits per heavy atom. The van der Waals surface area contributed by atoms with E-state index in [1.54, 1.807) is 27.9 Å². The topological polar surface area (TPSA) is 84.1 Å². The molecule has 0 saturated heterocycles. The van der Waals surface area contributed by atoms with Gasteiger partial charge in [0.05, 0.1) is 17.6 Å². The molecule has 0 amide bonds. The van der Waals surface area contributed by atoms with Crippen molar-refractivity contribution in [2.75, 3.05) is 7.11 Å². The zero-order valence-corrected chi connectivity index (χ0v) is 17.3. The maximum Gasteiger partial charge on any atom is 0.216 e. The molecule has 1 heterocycles. The first kappa shape index (κ1) is 19.9. The van der Waals surface area contributed by atoms with Crippen LogP contribution in [0.2, 0.25) is 0 Å². The molecule has 1 aromatic carbocycles. The molecule has 0 aliphatic heterocycles. The number of ether oxygens (including phenoxy) is 1. The molecule has 0 spiro atoms. The summed E-state index contributed by atoms with van der Waals surface area (Å²) in [6, 6.07) is 9.97. The standard InChI is InChI=1S/C20H29N3O3S/c1-20(2,3)27(24,25)23-16-10-8-14(9-11-16)18-13-19(22-21-18)15-6-5-7-17(12-15)26-4/h5-7,12-14,16,23H,8-11H2,1-4H3,(H,21,22)/t14-,16-. The highest BCUT2D eigenvalue weighted by Crippen LogP contribution is 2.34. The third kappa shape index (κ3) is 4.52. The number of aromatic amines is 1. The Kier molecular flexibility index (Phi) is 5.63. The summed E-state index contributed by atoms with van der Waals surface area (Å²) in [5, 5.41) is 7.63. The van der Waals surface area contributed by atoms with Gasteiger partial charge < -0.3 is 4.74 Å². The molecule has 2 aromatic rings. The molecule has 3 rings (SSSR count). The predicted molar refractivity (Wildman–Crippen MR) is 107 cm³/mol. The molecule has 1 saturated carbocycles. The van der Waals surface area contributed by atoms with Crippen LogP contribution in [0.4, 0.5) is 0 Å². The highest BCUT2D eigenvalue weighted by atomic mass is 32.2. The number of benzene rings is 1. The van der Waals surface area contributed by atoms with E-state index >= 15 is 0 Å². The Morgan fingerprint density at radius 2 is 1.85 bits per heavy atom. The number of methoxy groups -OCH3 is 1. The van der Waals surface area contributed by atoms with Gasteiger partial charge in [0.2, 0.25) is 10.0 Å². The molecule has 1 aliphatic carbocycles. The molecular formula is C20H29N3O3S. The van der Waals surface area contributed by atoms with E-state index < -0.39 is 14.8 Å². The van der Waals surface area contributed by atoms with Crippen molar-refractivity contribution in [2.24, 2.45) is 0 Å². The Balaban J connectivity index is 1.63. The summed E-state index contributed by atoms with van der Waals surface area (Å²) in [5.41, 5.74) is 3.04. The van der Waals surface area contributed by atoms with Crippen LogP contribution in [0.25, 0.3) is 11.3 Å². The largest absolute Gasteiger partial charge is 0.497 e. The summed E-state index contributed by atoms with van der Waals surface area (Å²) in [5.74, 6) is 1.19. The van der Waals surface area contributed by atoms with Crippen molar-refractivity contribution in [2.45, 2.75) is 63.2 Å². The monoisotopic (exact) mass is 391 g/mol. The van der Waals surface area contributed by atoms with E-state index in [4.69, 9.17) is 4.74 Å². The number of aromatic nitrogens is 2. The quantitative estimate of drug-likeness (QED) is 0.811. The second-order valence-electron chi connectivity index (χ2n) is 8.22. The first-order valence-corrected chi connectivity index (χ1v) is 10.9. The molecule has 1 aromatic heterocycles. The minimum Gasteiger partial charge on any atom is -0.497 e. The number of hydrogen-bond donors (Lipinski definition) is 2. The van der Waals surface area contributed by atoms with Crippen molar-refractivity contribution < 1.29 is 13.2 Å². The molecule has 6 nitrogen and oxygen atoms in total. The van der Waals surface area contributed by atoms with Gasteiger partial charge in [-0.25, -0.2) is 13.1 Å². The van der Waals surface area contributed by atoms with Crippen LogP contribution in [0.15, 0.2) is 30.3 Å². The summed E-state index contributed by atoms with van der Waals surface area (Å²) in [7, 11) is -1.65. The molecule has 27 heavy (non-hydrogen) atoms. The fourth-order valence-corrected chi connectivity index (χ4v) is 4.42. The number of hydrogen-bond acceptors (Lipinski definition) is 4. The average Bonchev–Trinajstić information content (AvgIpc) is 3.11. The molecule has 0 atom stereocenters. The van der Waals surface area contributed by atoms with Crippen molar-refractivity contribution in [3.63, 3.8) is 0 Å². The van der Waals surface area contributed by atoms with Gasteiger partial charge in [-0.3, -0.25) is 5.10 Å². The summed E-state index contributed by atoms with van der Waals surface area (Å²) >= 11 is 0. The molecule has 7 heteroatoms. The van der Waals surface area contributed by atoms with Crippen molar-refractivity contribution in [3.05, 3.63) is 36.0 Å². The van der Waals surface area contributed by atoms with Gasteiger partial charge in [0, 0.05) is 23.2 Å². The fourth-order valence-electron chi connectivity index (χ4n) is 3.39. The molecule has 2 N–H and O–H groups in total. The number of nitrogens with one attached hydrogen (secondary N) is 2. The lowest BCUT2D eigenvalue weighted by Crippen LogP contribution is -2.45. The molecule has 0 bridgehead atoms. The van der Waals surface area contributed by atoms with Crippen LogP contribution in [0, 0.1) is 0 Å². The lowest BCUT2D eigenvalue weighted by atomic mass is 9.84. The highest BCUT2D eigenvalue weighted by Gasteiger charge is 2.33. The molecule has 1 aliphatic rings. The van der Waals surface area contributed by atoms with Crippen molar-refractivity contribution in [1.29, 1.82) is 0 Å².